The van der Waals surface area contributed by atoms with Crippen LogP contribution in [0.4, 0.5) is 0 Å². The average Bonchev–Trinajstić information content (AvgIpc) is 2.25. The zero-order chi connectivity index (χ0) is 13.1. The summed E-state index contributed by atoms with van der Waals surface area (Å²) in [6.07, 6.45) is 1.81. The molecule has 0 heterocycles. The molecule has 0 radical (unpaired) electrons. The van der Waals surface area contributed by atoms with E-state index in [4.69, 9.17) is 4.74 Å². The van der Waals surface area contributed by atoms with E-state index < -0.39 is 9.84 Å². The van der Waals surface area contributed by atoms with E-state index in [1.165, 1.54) is 6.26 Å². The molecular weight excluding hydrogens is 369 g/mol. The zero-order valence-corrected chi connectivity index (χ0v) is 14.4. The van der Waals surface area contributed by atoms with Crippen molar-refractivity contribution in [2.24, 2.45) is 4.99 Å². The van der Waals surface area contributed by atoms with Gasteiger partial charge in [-0.2, -0.15) is 0 Å². The van der Waals surface area contributed by atoms with Gasteiger partial charge < -0.3 is 15.4 Å². The summed E-state index contributed by atoms with van der Waals surface area (Å²) in [7, 11) is -1.20. The van der Waals surface area contributed by atoms with Crippen LogP contribution in [0, 0.1) is 0 Å². The van der Waals surface area contributed by atoms with Gasteiger partial charge in [0.1, 0.15) is 9.84 Å². The molecule has 6 nitrogen and oxygen atoms in total. The molecule has 0 atom stereocenters. The minimum atomic E-state index is -2.87. The fraction of sp³-hybridized carbons (Fsp3) is 0.900. The first kappa shape index (κ1) is 20.2. The molecule has 18 heavy (non-hydrogen) atoms. The van der Waals surface area contributed by atoms with Crippen molar-refractivity contribution in [3.05, 3.63) is 0 Å². The van der Waals surface area contributed by atoms with Crippen molar-refractivity contribution in [1.29, 1.82) is 0 Å². The van der Waals surface area contributed by atoms with Gasteiger partial charge >= 0.3 is 0 Å². The topological polar surface area (TPSA) is 79.8 Å². The maximum Gasteiger partial charge on any atom is 0.191 e. The molecule has 110 valence electrons. The Morgan fingerprint density at radius 2 is 1.89 bits per heavy atom. The Labute approximate surface area is 127 Å². The Hall–Kier alpha value is -0.0900. The molecule has 0 rings (SSSR count). The third-order valence-electron chi connectivity index (χ3n) is 1.95. The summed E-state index contributed by atoms with van der Waals surface area (Å²) in [5.41, 5.74) is 0. The molecule has 0 aliphatic heterocycles. The van der Waals surface area contributed by atoms with Crippen molar-refractivity contribution in [3.63, 3.8) is 0 Å². The van der Waals surface area contributed by atoms with Crippen molar-refractivity contribution in [2.75, 3.05) is 45.4 Å². The molecule has 8 heteroatoms. The van der Waals surface area contributed by atoms with Crippen molar-refractivity contribution in [3.8, 4) is 0 Å². The Bertz CT molecular complexity index is 320. The lowest BCUT2D eigenvalue weighted by atomic mass is 10.5. The summed E-state index contributed by atoms with van der Waals surface area (Å²) < 4.78 is 27.0. The summed E-state index contributed by atoms with van der Waals surface area (Å²) in [6.45, 7) is 4.53. The standard InChI is InChI=1S/C10H23N3O3S.HI/c1-4-16-8-7-13-10(11-2)12-6-5-9-17(3,14)15;/h4-9H2,1-3H3,(H2,11,12,13);1H. The van der Waals surface area contributed by atoms with E-state index in [9.17, 15) is 8.42 Å². The van der Waals surface area contributed by atoms with Gasteiger partial charge in [-0.15, -0.1) is 24.0 Å². The molecule has 2 N–H and O–H groups in total. The van der Waals surface area contributed by atoms with Crippen LogP contribution in [0.25, 0.3) is 0 Å². The quantitative estimate of drug-likeness (QED) is 0.267. The van der Waals surface area contributed by atoms with E-state index in [0.717, 1.165) is 0 Å². The highest BCUT2D eigenvalue weighted by Crippen LogP contribution is 1.86. The third kappa shape index (κ3) is 14.0. The molecular formula is C10H24IN3O3S. The van der Waals surface area contributed by atoms with Crippen LogP contribution in [-0.4, -0.2) is 59.7 Å². The molecule has 0 aliphatic rings. The summed E-state index contributed by atoms with van der Waals surface area (Å²) in [6, 6.07) is 0. The lowest BCUT2D eigenvalue weighted by Gasteiger charge is -2.11. The van der Waals surface area contributed by atoms with Gasteiger partial charge in [0, 0.05) is 33.0 Å². The maximum absolute atomic E-state index is 10.9. The summed E-state index contributed by atoms with van der Waals surface area (Å²) >= 11 is 0. The molecule has 0 bridgehead atoms. The summed E-state index contributed by atoms with van der Waals surface area (Å²) in [5, 5.41) is 6.10. The number of aliphatic imine (C=N–C) groups is 1. The van der Waals surface area contributed by atoms with E-state index in [-0.39, 0.29) is 29.7 Å². The normalized spacial score (nSPS) is 11.8. The fourth-order valence-electron chi connectivity index (χ4n) is 1.15. The van der Waals surface area contributed by atoms with Crippen LogP contribution in [0.3, 0.4) is 0 Å². The van der Waals surface area contributed by atoms with E-state index in [0.29, 0.717) is 38.7 Å². The minimum absolute atomic E-state index is 0. The number of sulfone groups is 1. The SMILES string of the molecule is CCOCCNC(=NC)NCCCS(C)(=O)=O.I. The number of nitrogens with one attached hydrogen (secondary N) is 2. The first-order valence-electron chi connectivity index (χ1n) is 5.69. The van der Waals surface area contributed by atoms with Gasteiger partial charge in [0.15, 0.2) is 5.96 Å². The summed E-state index contributed by atoms with van der Waals surface area (Å²) in [5.74, 6) is 0.855. The van der Waals surface area contributed by atoms with Crippen LogP contribution < -0.4 is 10.6 Å². The van der Waals surface area contributed by atoms with Crippen LogP contribution in [-0.2, 0) is 14.6 Å². The lowest BCUT2D eigenvalue weighted by Crippen LogP contribution is -2.39. The Kier molecular flexibility index (Phi) is 13.5. The second kappa shape index (κ2) is 12.0. The van der Waals surface area contributed by atoms with Gasteiger partial charge in [-0.1, -0.05) is 0 Å². The van der Waals surface area contributed by atoms with E-state index >= 15 is 0 Å². The highest BCUT2D eigenvalue weighted by Gasteiger charge is 2.02. The second-order valence-electron chi connectivity index (χ2n) is 3.61. The second-order valence-corrected chi connectivity index (χ2v) is 5.87. The lowest BCUT2D eigenvalue weighted by molar-refractivity contribution is 0.152. The van der Waals surface area contributed by atoms with Gasteiger partial charge in [0.25, 0.3) is 0 Å². The molecule has 0 spiro atoms. The fourth-order valence-corrected chi connectivity index (χ4v) is 1.82. The van der Waals surface area contributed by atoms with Crippen molar-refractivity contribution >= 4 is 39.8 Å². The molecule has 0 unspecified atom stereocenters. The number of halogens is 1. The van der Waals surface area contributed by atoms with E-state index in [1.807, 2.05) is 6.92 Å². The molecule has 0 amide bonds. The minimum Gasteiger partial charge on any atom is -0.380 e. The number of rotatable bonds is 8. The van der Waals surface area contributed by atoms with Crippen molar-refractivity contribution in [2.45, 2.75) is 13.3 Å². The Morgan fingerprint density at radius 3 is 2.39 bits per heavy atom. The largest absolute Gasteiger partial charge is 0.380 e. The van der Waals surface area contributed by atoms with Gasteiger partial charge in [-0.3, -0.25) is 4.99 Å². The van der Waals surface area contributed by atoms with Gasteiger partial charge in [-0.25, -0.2) is 8.42 Å². The molecule has 0 aromatic carbocycles. The number of nitrogens with zero attached hydrogens (tertiary/aromatic N) is 1. The van der Waals surface area contributed by atoms with Crippen LogP contribution in [0.1, 0.15) is 13.3 Å². The third-order valence-corrected chi connectivity index (χ3v) is 2.98. The number of ether oxygens (including phenoxy) is 1. The Morgan fingerprint density at radius 1 is 1.28 bits per heavy atom. The summed E-state index contributed by atoms with van der Waals surface area (Å²) in [4.78, 5) is 4.01. The Balaban J connectivity index is 0. The smallest absolute Gasteiger partial charge is 0.191 e. The average molecular weight is 393 g/mol. The maximum atomic E-state index is 10.9. The zero-order valence-electron chi connectivity index (χ0n) is 11.2. The molecule has 0 aromatic heterocycles. The first-order chi connectivity index (χ1) is 7.99. The van der Waals surface area contributed by atoms with Crippen LogP contribution in [0.15, 0.2) is 4.99 Å². The van der Waals surface area contributed by atoms with Crippen molar-refractivity contribution in [1.82, 2.24) is 10.6 Å². The molecule has 0 saturated carbocycles. The predicted octanol–water partition coefficient (Wildman–Crippen LogP) is 0.241. The van der Waals surface area contributed by atoms with Gasteiger partial charge in [0.2, 0.25) is 0 Å². The van der Waals surface area contributed by atoms with Gasteiger partial charge in [0.05, 0.1) is 12.4 Å². The predicted molar refractivity (Wildman–Crippen MR) is 85.6 cm³/mol. The highest BCUT2D eigenvalue weighted by atomic mass is 127. The molecule has 0 aromatic rings. The number of guanidine groups is 1. The molecule has 0 aliphatic carbocycles. The molecule has 0 saturated heterocycles. The van der Waals surface area contributed by atoms with Gasteiger partial charge in [-0.05, 0) is 13.3 Å². The van der Waals surface area contributed by atoms with Crippen LogP contribution in [0.2, 0.25) is 0 Å². The monoisotopic (exact) mass is 393 g/mol. The number of hydrogen-bond donors (Lipinski definition) is 2. The van der Waals surface area contributed by atoms with Crippen LogP contribution >= 0.6 is 24.0 Å². The van der Waals surface area contributed by atoms with Crippen LogP contribution in [0.5, 0.6) is 0 Å². The number of hydrogen-bond acceptors (Lipinski definition) is 4. The highest BCUT2D eigenvalue weighted by molar-refractivity contribution is 14.0. The van der Waals surface area contributed by atoms with E-state index in [1.54, 1.807) is 7.05 Å². The van der Waals surface area contributed by atoms with Crippen molar-refractivity contribution < 1.29 is 13.2 Å². The van der Waals surface area contributed by atoms with E-state index in [2.05, 4.69) is 15.6 Å². The first-order valence-corrected chi connectivity index (χ1v) is 7.75. The molecule has 0 fully saturated rings.